The molecule has 0 spiro atoms. The molecule has 0 aliphatic heterocycles. The van der Waals surface area contributed by atoms with Crippen molar-refractivity contribution in [3.63, 3.8) is 0 Å². The van der Waals surface area contributed by atoms with Gasteiger partial charge in [0.05, 0.1) is 6.16 Å². The third-order valence-corrected chi connectivity index (χ3v) is 4.95. The molecule has 0 aromatic rings. The van der Waals surface area contributed by atoms with E-state index in [4.69, 9.17) is 14.9 Å². The van der Waals surface area contributed by atoms with Crippen molar-refractivity contribution >= 4 is 19.3 Å². The highest BCUT2D eigenvalue weighted by molar-refractivity contribution is 7.51. The normalized spacial score (nSPS) is 14.0. The van der Waals surface area contributed by atoms with E-state index in [-0.39, 0.29) is 6.42 Å². The number of aliphatic carboxylic acids is 1. The van der Waals surface area contributed by atoms with Crippen molar-refractivity contribution in [3.8, 4) is 0 Å². The molecule has 1 unspecified atom stereocenters. The zero-order chi connectivity index (χ0) is 21.0. The molecule has 154 valence electrons. The summed E-state index contributed by atoms with van der Waals surface area (Å²) in [5.41, 5.74) is 3.78. The first-order chi connectivity index (χ1) is 12.4. The van der Waals surface area contributed by atoms with Crippen LogP contribution in [0.4, 0.5) is 0 Å². The van der Waals surface area contributed by atoms with Crippen LogP contribution in [0.2, 0.25) is 0 Å². The van der Waals surface area contributed by atoms with E-state index in [1.165, 1.54) is 11.1 Å². The minimum Gasteiger partial charge on any atom is -0.481 e. The lowest BCUT2D eigenvalue weighted by Gasteiger charge is -2.11. The smallest absolute Gasteiger partial charge is 0.326 e. The third-order valence-electron chi connectivity index (χ3n) is 4.11. The van der Waals surface area contributed by atoms with Gasteiger partial charge in [0.15, 0.2) is 0 Å². The van der Waals surface area contributed by atoms with Crippen LogP contribution in [0.1, 0.15) is 66.2 Å². The topological polar surface area (TPSA) is 112 Å². The largest absolute Gasteiger partial charge is 0.481 e. The molecule has 1 atom stereocenters. The van der Waals surface area contributed by atoms with Gasteiger partial charge in [0.1, 0.15) is 11.7 Å². The average molecular weight is 400 g/mol. The van der Waals surface area contributed by atoms with Crippen molar-refractivity contribution in [1.82, 2.24) is 0 Å². The minimum atomic E-state index is -4.55. The quantitative estimate of drug-likeness (QED) is 0.236. The first-order valence-corrected chi connectivity index (χ1v) is 11.0. The van der Waals surface area contributed by atoms with Gasteiger partial charge in [0.2, 0.25) is 0 Å². The number of carboxylic acid groups (broad SMARTS) is 1. The summed E-state index contributed by atoms with van der Waals surface area (Å²) in [4.78, 5) is 40.8. The van der Waals surface area contributed by atoms with Crippen molar-refractivity contribution < 1.29 is 29.0 Å². The Morgan fingerprint density at radius 3 is 1.70 bits per heavy atom. The van der Waals surface area contributed by atoms with Crippen LogP contribution in [0.25, 0.3) is 0 Å². The fraction of sp³-hybridized carbons (Fsp3) is 0.600. The van der Waals surface area contributed by atoms with Gasteiger partial charge >= 0.3 is 13.6 Å². The number of hydrogen-bond acceptors (Lipinski definition) is 3. The molecule has 0 amide bonds. The molecule has 6 nitrogen and oxygen atoms in total. The Kier molecular flexibility index (Phi) is 12.1. The molecule has 0 saturated heterocycles. The maximum atomic E-state index is 11.9. The third kappa shape index (κ3) is 14.3. The number of ketones is 1. The first kappa shape index (κ1) is 25.5. The molecule has 0 aromatic heterocycles. The molecule has 0 fully saturated rings. The summed E-state index contributed by atoms with van der Waals surface area (Å²) in [5.74, 6) is -3.78. The van der Waals surface area contributed by atoms with Crippen molar-refractivity contribution in [3.05, 3.63) is 34.9 Å². The van der Waals surface area contributed by atoms with Gasteiger partial charge in [0.25, 0.3) is 0 Å². The monoisotopic (exact) mass is 400 g/mol. The van der Waals surface area contributed by atoms with Crippen LogP contribution in [0.3, 0.4) is 0 Å². The number of carboxylic acids is 1. The summed E-state index contributed by atoms with van der Waals surface area (Å²) in [6, 6.07) is 0. The van der Waals surface area contributed by atoms with E-state index in [2.05, 4.69) is 32.9 Å². The summed E-state index contributed by atoms with van der Waals surface area (Å²) < 4.78 is 11.0. The Balaban J connectivity index is 4.37. The summed E-state index contributed by atoms with van der Waals surface area (Å²) >= 11 is 0. The molecule has 3 N–H and O–H groups in total. The van der Waals surface area contributed by atoms with Crippen LogP contribution >= 0.6 is 7.60 Å². The van der Waals surface area contributed by atoms with Gasteiger partial charge < -0.3 is 14.9 Å². The van der Waals surface area contributed by atoms with Crippen molar-refractivity contribution in [2.24, 2.45) is 5.92 Å². The van der Waals surface area contributed by atoms with Crippen molar-refractivity contribution in [2.45, 2.75) is 66.2 Å². The van der Waals surface area contributed by atoms with Gasteiger partial charge in [-0.15, -0.1) is 0 Å². The van der Waals surface area contributed by atoms with Crippen LogP contribution in [0.5, 0.6) is 0 Å². The van der Waals surface area contributed by atoms with E-state index in [9.17, 15) is 14.2 Å². The number of carbonyl (C=O) groups excluding carboxylic acids is 1. The van der Waals surface area contributed by atoms with Gasteiger partial charge in [-0.2, -0.15) is 0 Å². The lowest BCUT2D eigenvalue weighted by Crippen LogP contribution is -2.27. The van der Waals surface area contributed by atoms with E-state index in [1.54, 1.807) is 0 Å². The maximum absolute atomic E-state index is 11.9. The molecule has 0 saturated carbocycles. The molecule has 7 heteroatoms. The Labute approximate surface area is 162 Å². The highest BCUT2D eigenvalue weighted by atomic mass is 31.2. The molecule has 0 rings (SSSR count). The van der Waals surface area contributed by atoms with Crippen LogP contribution in [-0.4, -0.2) is 32.8 Å². The molecule has 0 aliphatic rings. The molecule has 0 bridgehead atoms. The van der Waals surface area contributed by atoms with Crippen LogP contribution in [0.15, 0.2) is 34.9 Å². The number of allylic oxidation sites excluding steroid dienone is 6. The predicted octanol–water partition coefficient (Wildman–Crippen LogP) is 4.63. The van der Waals surface area contributed by atoms with Crippen LogP contribution in [0, 0.1) is 5.92 Å². The fourth-order valence-electron chi connectivity index (χ4n) is 2.53. The van der Waals surface area contributed by atoms with E-state index in [0.29, 0.717) is 6.42 Å². The van der Waals surface area contributed by atoms with Crippen molar-refractivity contribution in [1.29, 1.82) is 0 Å². The molecular weight excluding hydrogens is 367 g/mol. The maximum Gasteiger partial charge on any atom is 0.326 e. The van der Waals surface area contributed by atoms with E-state index in [0.717, 1.165) is 31.3 Å². The molecular formula is C20H33O6P. The SMILES string of the molecule is CC(C)=CCC/C(C)=C/CC/C(C)=C/CCC(=O)C(CP(=O)(O)O)C(=O)O. The van der Waals surface area contributed by atoms with Gasteiger partial charge in [-0.3, -0.25) is 14.2 Å². The van der Waals surface area contributed by atoms with E-state index < -0.39 is 31.4 Å². The second-order valence-corrected chi connectivity index (χ2v) is 8.90. The van der Waals surface area contributed by atoms with Gasteiger partial charge in [-0.1, -0.05) is 34.9 Å². The molecule has 0 radical (unpaired) electrons. The predicted molar refractivity (Wildman–Crippen MR) is 108 cm³/mol. The second-order valence-electron chi connectivity index (χ2n) is 7.20. The zero-order valence-corrected chi connectivity index (χ0v) is 17.7. The molecule has 0 heterocycles. The van der Waals surface area contributed by atoms with Gasteiger partial charge in [-0.05, 0) is 59.8 Å². The van der Waals surface area contributed by atoms with E-state index >= 15 is 0 Å². The van der Waals surface area contributed by atoms with Crippen molar-refractivity contribution in [2.75, 3.05) is 6.16 Å². The molecule has 0 aromatic carbocycles. The standard InChI is InChI=1S/C20H33O6P/c1-15(2)8-5-9-16(3)10-6-11-17(4)12-7-13-19(21)18(20(22)23)14-27(24,25)26/h8,10,12,18H,5-7,9,11,13-14H2,1-4H3,(H,22,23)(H2,24,25,26)/b16-10+,17-12+. The summed E-state index contributed by atoms with van der Waals surface area (Å²) in [6.45, 7) is 8.25. The number of Topliss-reactive ketones (excluding diaryl/α,β-unsaturated/α-hetero) is 1. The van der Waals surface area contributed by atoms with Crippen LogP contribution < -0.4 is 0 Å². The summed E-state index contributed by atoms with van der Waals surface area (Å²) in [7, 11) is -4.55. The second kappa shape index (κ2) is 12.8. The summed E-state index contributed by atoms with van der Waals surface area (Å²) in [5, 5.41) is 8.99. The number of rotatable bonds is 13. The Hall–Kier alpha value is -1.49. The Morgan fingerprint density at radius 2 is 1.30 bits per heavy atom. The van der Waals surface area contributed by atoms with Crippen LogP contribution in [-0.2, 0) is 14.2 Å². The Morgan fingerprint density at radius 1 is 0.852 bits per heavy atom. The Bertz CT molecular complexity index is 635. The lowest BCUT2D eigenvalue weighted by atomic mass is 10.0. The van der Waals surface area contributed by atoms with Gasteiger partial charge in [0, 0.05) is 6.42 Å². The zero-order valence-electron chi connectivity index (χ0n) is 16.8. The fourth-order valence-corrected chi connectivity index (χ4v) is 3.36. The summed E-state index contributed by atoms with van der Waals surface area (Å²) in [6.07, 6.45) is 9.57. The minimum absolute atomic E-state index is 0.0358. The highest BCUT2D eigenvalue weighted by Crippen LogP contribution is 2.37. The average Bonchev–Trinajstić information content (AvgIpc) is 2.51. The first-order valence-electron chi connectivity index (χ1n) is 9.17. The molecule has 27 heavy (non-hydrogen) atoms. The molecule has 0 aliphatic carbocycles. The van der Waals surface area contributed by atoms with Gasteiger partial charge in [-0.25, -0.2) is 0 Å². The van der Waals surface area contributed by atoms with E-state index in [1.807, 2.05) is 13.0 Å². The number of carbonyl (C=O) groups is 2. The highest BCUT2D eigenvalue weighted by Gasteiger charge is 2.32. The number of hydrogen-bond donors (Lipinski definition) is 3. The lowest BCUT2D eigenvalue weighted by molar-refractivity contribution is -0.145.